The lowest BCUT2D eigenvalue weighted by molar-refractivity contribution is 0.423. The summed E-state index contributed by atoms with van der Waals surface area (Å²) in [4.78, 5) is 4.51. The molecule has 0 unspecified atom stereocenters. The molecule has 0 aliphatic heterocycles. The Morgan fingerprint density at radius 1 is 1.29 bits per heavy atom. The molecule has 0 amide bonds. The zero-order chi connectivity index (χ0) is 11.8. The van der Waals surface area contributed by atoms with Crippen LogP contribution in [0.2, 0.25) is 0 Å². The van der Waals surface area contributed by atoms with Gasteiger partial charge in [0, 0.05) is 5.39 Å². The summed E-state index contributed by atoms with van der Waals surface area (Å²) in [5, 5.41) is 2.87. The Morgan fingerprint density at radius 2 is 2.12 bits per heavy atom. The molecule has 0 radical (unpaired) electrons. The van der Waals surface area contributed by atoms with Crippen molar-refractivity contribution in [3.8, 4) is 15.6 Å². The monoisotopic (exact) mass is 245 g/mol. The van der Waals surface area contributed by atoms with E-state index < -0.39 is 0 Å². The first-order valence-electron chi connectivity index (χ1n) is 5.27. The van der Waals surface area contributed by atoms with Crippen LogP contribution >= 0.6 is 11.3 Å². The van der Waals surface area contributed by atoms with Crippen LogP contribution < -0.4 is 4.74 Å². The fourth-order valence-electron chi connectivity index (χ4n) is 1.83. The predicted molar refractivity (Wildman–Crippen MR) is 68.6 cm³/mol. The highest BCUT2D eigenvalue weighted by atomic mass is 32.1. The van der Waals surface area contributed by atoms with E-state index in [1.165, 1.54) is 11.3 Å². The molecule has 3 aromatic rings. The third-order valence-electron chi connectivity index (χ3n) is 2.65. The third-order valence-corrected chi connectivity index (χ3v) is 3.80. The molecule has 0 spiro atoms. The van der Waals surface area contributed by atoms with Gasteiger partial charge in [0.15, 0.2) is 5.06 Å². The van der Waals surface area contributed by atoms with Crippen molar-refractivity contribution in [2.45, 2.75) is 6.92 Å². The van der Waals surface area contributed by atoms with E-state index in [1.54, 1.807) is 13.4 Å². The van der Waals surface area contributed by atoms with E-state index in [0.29, 0.717) is 0 Å². The van der Waals surface area contributed by atoms with Gasteiger partial charge in [0.1, 0.15) is 16.9 Å². The summed E-state index contributed by atoms with van der Waals surface area (Å²) in [5.74, 6) is 0. The Bertz CT molecular complexity index is 669. The number of hydrogen-bond acceptors (Lipinski definition) is 4. The third kappa shape index (κ3) is 1.61. The molecule has 2 heterocycles. The van der Waals surface area contributed by atoms with E-state index in [4.69, 9.17) is 9.15 Å². The van der Waals surface area contributed by atoms with Gasteiger partial charge < -0.3 is 9.15 Å². The molecule has 0 aliphatic rings. The number of methoxy groups -OCH3 is 1. The number of rotatable bonds is 2. The Balaban J connectivity index is 2.20. The van der Waals surface area contributed by atoms with Gasteiger partial charge in [-0.2, -0.15) is 0 Å². The van der Waals surface area contributed by atoms with Gasteiger partial charge >= 0.3 is 0 Å². The fourth-order valence-corrected chi connectivity index (χ4v) is 2.73. The molecule has 0 saturated heterocycles. The molecule has 17 heavy (non-hydrogen) atoms. The zero-order valence-electron chi connectivity index (χ0n) is 9.56. The Hall–Kier alpha value is -1.81. The number of thiazole rings is 1. The van der Waals surface area contributed by atoms with Crippen molar-refractivity contribution in [1.29, 1.82) is 0 Å². The van der Waals surface area contributed by atoms with Crippen LogP contribution in [0, 0.1) is 6.92 Å². The first-order valence-corrected chi connectivity index (χ1v) is 6.09. The predicted octanol–water partition coefficient (Wildman–Crippen LogP) is 3.87. The van der Waals surface area contributed by atoms with Crippen molar-refractivity contribution in [2.24, 2.45) is 0 Å². The minimum Gasteiger partial charge on any atom is -0.486 e. The Labute approximate surface area is 103 Å². The number of ether oxygens (including phenoxy) is 1. The number of hydrogen-bond donors (Lipinski definition) is 0. The Morgan fingerprint density at radius 3 is 2.88 bits per heavy atom. The van der Waals surface area contributed by atoms with Crippen LogP contribution in [0.5, 0.6) is 5.06 Å². The highest BCUT2D eigenvalue weighted by Crippen LogP contribution is 2.37. The summed E-state index contributed by atoms with van der Waals surface area (Å²) >= 11 is 1.54. The summed E-state index contributed by atoms with van der Waals surface area (Å²) in [6.45, 7) is 1.95. The van der Waals surface area contributed by atoms with Crippen molar-refractivity contribution in [2.75, 3.05) is 7.11 Å². The minimum atomic E-state index is 0.852. The van der Waals surface area contributed by atoms with Gasteiger partial charge in [0.25, 0.3) is 0 Å². The summed E-state index contributed by atoms with van der Waals surface area (Å²) in [5.41, 5.74) is 2.82. The van der Waals surface area contributed by atoms with Crippen molar-refractivity contribution in [1.82, 2.24) is 4.98 Å². The SMILES string of the molecule is COc1sc(-c2coc3ccccc23)nc1C. The first-order chi connectivity index (χ1) is 8.29. The van der Waals surface area contributed by atoms with Crippen LogP contribution in [0.15, 0.2) is 34.9 Å². The number of fused-ring (bicyclic) bond motifs is 1. The maximum Gasteiger partial charge on any atom is 0.197 e. The van der Waals surface area contributed by atoms with Crippen molar-refractivity contribution < 1.29 is 9.15 Å². The molecule has 3 rings (SSSR count). The van der Waals surface area contributed by atoms with Crippen LogP contribution in [0.25, 0.3) is 21.5 Å². The first kappa shape index (κ1) is 10.4. The Kier molecular flexibility index (Phi) is 2.37. The quantitative estimate of drug-likeness (QED) is 0.687. The second-order valence-corrected chi connectivity index (χ2v) is 4.70. The highest BCUT2D eigenvalue weighted by Gasteiger charge is 2.14. The smallest absolute Gasteiger partial charge is 0.197 e. The normalized spacial score (nSPS) is 10.9. The van der Waals surface area contributed by atoms with Gasteiger partial charge in [-0.1, -0.05) is 29.5 Å². The average Bonchev–Trinajstić information content (AvgIpc) is 2.92. The van der Waals surface area contributed by atoms with Crippen molar-refractivity contribution in [3.05, 3.63) is 36.2 Å². The molecule has 0 aliphatic carbocycles. The number of benzene rings is 1. The molecule has 0 bridgehead atoms. The summed E-state index contributed by atoms with van der Waals surface area (Å²) < 4.78 is 10.8. The highest BCUT2D eigenvalue weighted by molar-refractivity contribution is 7.17. The van der Waals surface area contributed by atoms with Crippen LogP contribution in [0.4, 0.5) is 0 Å². The number of aryl methyl sites for hydroxylation is 1. The molecule has 4 heteroatoms. The lowest BCUT2D eigenvalue weighted by Crippen LogP contribution is -1.80. The van der Waals surface area contributed by atoms with Gasteiger partial charge in [0.05, 0.1) is 18.4 Å². The van der Waals surface area contributed by atoms with Crippen molar-refractivity contribution >= 4 is 22.3 Å². The lowest BCUT2D eigenvalue weighted by atomic mass is 10.2. The number of aromatic nitrogens is 1. The topological polar surface area (TPSA) is 35.3 Å². The minimum absolute atomic E-state index is 0.852. The molecular weight excluding hydrogens is 234 g/mol. The van der Waals surface area contributed by atoms with E-state index in [1.807, 2.05) is 31.2 Å². The molecule has 1 aromatic carbocycles. The molecule has 3 nitrogen and oxygen atoms in total. The standard InChI is InChI=1S/C13H11NO2S/c1-8-13(15-2)17-12(14-8)10-7-16-11-6-4-3-5-9(10)11/h3-7H,1-2H3. The van der Waals surface area contributed by atoms with E-state index in [-0.39, 0.29) is 0 Å². The van der Waals surface area contributed by atoms with E-state index in [2.05, 4.69) is 4.98 Å². The van der Waals surface area contributed by atoms with E-state index >= 15 is 0 Å². The van der Waals surface area contributed by atoms with Crippen LogP contribution in [0.3, 0.4) is 0 Å². The molecule has 0 atom stereocenters. The fraction of sp³-hybridized carbons (Fsp3) is 0.154. The van der Waals surface area contributed by atoms with Gasteiger partial charge in [-0.25, -0.2) is 4.98 Å². The maximum atomic E-state index is 5.51. The number of para-hydroxylation sites is 1. The molecular formula is C13H11NO2S. The van der Waals surface area contributed by atoms with Gasteiger partial charge in [-0.05, 0) is 13.0 Å². The maximum absolute atomic E-state index is 5.51. The largest absolute Gasteiger partial charge is 0.486 e. The second kappa shape index (κ2) is 3.89. The summed E-state index contributed by atoms with van der Waals surface area (Å²) in [6, 6.07) is 7.95. The molecule has 86 valence electrons. The molecule has 0 N–H and O–H groups in total. The van der Waals surface area contributed by atoms with Crippen LogP contribution in [0.1, 0.15) is 5.69 Å². The molecule has 0 saturated carbocycles. The lowest BCUT2D eigenvalue weighted by Gasteiger charge is -1.91. The molecule has 2 aromatic heterocycles. The van der Waals surface area contributed by atoms with E-state index in [0.717, 1.165) is 32.3 Å². The van der Waals surface area contributed by atoms with Gasteiger partial charge in [-0.3, -0.25) is 0 Å². The van der Waals surface area contributed by atoms with E-state index in [9.17, 15) is 0 Å². The van der Waals surface area contributed by atoms with Crippen molar-refractivity contribution in [3.63, 3.8) is 0 Å². The number of furan rings is 1. The second-order valence-electron chi connectivity index (χ2n) is 3.74. The summed E-state index contributed by atoms with van der Waals surface area (Å²) in [6.07, 6.45) is 1.75. The van der Waals surface area contributed by atoms with Gasteiger partial charge in [-0.15, -0.1) is 0 Å². The van der Waals surface area contributed by atoms with Crippen LogP contribution in [-0.2, 0) is 0 Å². The van der Waals surface area contributed by atoms with Gasteiger partial charge in [0.2, 0.25) is 0 Å². The summed E-state index contributed by atoms with van der Waals surface area (Å²) in [7, 11) is 1.66. The molecule has 0 fully saturated rings. The number of nitrogens with zero attached hydrogens (tertiary/aromatic N) is 1. The zero-order valence-corrected chi connectivity index (χ0v) is 10.4. The average molecular weight is 245 g/mol. The van der Waals surface area contributed by atoms with Crippen LogP contribution in [-0.4, -0.2) is 12.1 Å².